The van der Waals surface area contributed by atoms with Crippen molar-refractivity contribution < 1.29 is 38.7 Å². The lowest BCUT2D eigenvalue weighted by atomic mass is 9.77. The van der Waals surface area contributed by atoms with Gasteiger partial charge in [0, 0.05) is 12.5 Å². The van der Waals surface area contributed by atoms with Crippen molar-refractivity contribution in [3.63, 3.8) is 0 Å². The second kappa shape index (κ2) is 10.7. The predicted molar refractivity (Wildman–Crippen MR) is 147 cm³/mol. The Morgan fingerprint density at radius 3 is 2.58 bits per heavy atom. The zero-order chi connectivity index (χ0) is 28.9. The third kappa shape index (κ3) is 5.48. The van der Waals surface area contributed by atoms with Gasteiger partial charge in [-0.25, -0.2) is 4.79 Å². The van der Waals surface area contributed by atoms with E-state index in [1.165, 1.54) is 0 Å². The highest BCUT2D eigenvalue weighted by molar-refractivity contribution is 5.86. The smallest absolute Gasteiger partial charge is 0.339 e. The van der Waals surface area contributed by atoms with Gasteiger partial charge < -0.3 is 29.2 Å². The molecule has 3 aliphatic heterocycles. The highest BCUT2D eigenvalue weighted by Gasteiger charge is 2.57. The Bertz CT molecular complexity index is 1190. The van der Waals surface area contributed by atoms with Crippen LogP contribution in [0.25, 0.3) is 0 Å². The summed E-state index contributed by atoms with van der Waals surface area (Å²) in [6.07, 6.45) is 4.22. The molecule has 1 unspecified atom stereocenters. The van der Waals surface area contributed by atoms with Crippen molar-refractivity contribution in [3.8, 4) is 11.5 Å². The normalized spacial score (nSPS) is 26.9. The molecule has 40 heavy (non-hydrogen) atoms. The van der Waals surface area contributed by atoms with Crippen LogP contribution in [0, 0.1) is 0 Å². The molecule has 1 aliphatic carbocycles. The van der Waals surface area contributed by atoms with Crippen molar-refractivity contribution >= 4 is 11.9 Å². The molecular formula is C31H43NO8. The van der Waals surface area contributed by atoms with Crippen LogP contribution in [-0.4, -0.2) is 75.9 Å². The lowest BCUT2D eigenvalue weighted by molar-refractivity contribution is -0.179. The van der Waals surface area contributed by atoms with Gasteiger partial charge in [0.25, 0.3) is 0 Å². The molecule has 0 aromatic heterocycles. The second-order valence-electron chi connectivity index (χ2n) is 12.8. The second-order valence-corrected chi connectivity index (χ2v) is 12.8. The Balaban J connectivity index is 1.47. The number of fused-ring (bicyclic) bond motifs is 3. The van der Waals surface area contributed by atoms with E-state index >= 15 is 0 Å². The van der Waals surface area contributed by atoms with Crippen LogP contribution < -0.4 is 9.47 Å². The Labute approximate surface area is 236 Å². The number of aliphatic hydroxyl groups is 2. The van der Waals surface area contributed by atoms with Crippen molar-refractivity contribution in [2.24, 2.45) is 0 Å². The van der Waals surface area contributed by atoms with Gasteiger partial charge in [-0.2, -0.15) is 0 Å². The lowest BCUT2D eigenvalue weighted by Crippen LogP contribution is -2.49. The topological polar surface area (TPSA) is 115 Å². The molecule has 4 aliphatic rings. The molecule has 220 valence electrons. The first kappa shape index (κ1) is 28.9. The molecular weight excluding hydrogens is 514 g/mol. The standard InChI is InChI=1S/C31H43NO8/c1-19(2)39-25(33)17-31(36,11-6-9-29(4,5)35)28(34)40-27-20(3)16-30-10-7-12-32(30)13-8-21-14-23-24(38-18-37-23)15-22(21)26(27)30/h14-16,19,26-27,35-36H,6-13,17-18H2,1-5H3/t26-,27?,30+,31+/m1/s1. The monoisotopic (exact) mass is 557 g/mol. The first-order valence-corrected chi connectivity index (χ1v) is 14.5. The molecule has 0 saturated carbocycles. The molecule has 1 aromatic carbocycles. The molecule has 5 rings (SSSR count). The number of benzene rings is 1. The van der Waals surface area contributed by atoms with E-state index in [9.17, 15) is 19.8 Å². The molecule has 3 heterocycles. The van der Waals surface area contributed by atoms with E-state index in [0.717, 1.165) is 54.8 Å². The minimum absolute atomic E-state index is 0.0320. The first-order valence-electron chi connectivity index (χ1n) is 14.5. The van der Waals surface area contributed by atoms with E-state index in [0.29, 0.717) is 18.6 Å². The van der Waals surface area contributed by atoms with E-state index in [1.807, 2.05) is 13.0 Å². The highest BCUT2D eigenvalue weighted by atomic mass is 16.7. The quantitative estimate of drug-likeness (QED) is 0.346. The fraction of sp³-hybridized carbons (Fsp3) is 0.677. The average Bonchev–Trinajstić information content (AvgIpc) is 3.51. The van der Waals surface area contributed by atoms with Gasteiger partial charge in [0.05, 0.1) is 23.7 Å². The zero-order valence-corrected chi connectivity index (χ0v) is 24.3. The minimum atomic E-state index is -2.08. The molecule has 4 atom stereocenters. The largest absolute Gasteiger partial charge is 0.463 e. The Hall–Kier alpha value is -2.62. The number of hydrogen-bond donors (Lipinski definition) is 2. The average molecular weight is 558 g/mol. The van der Waals surface area contributed by atoms with E-state index < -0.39 is 35.7 Å². The number of esters is 2. The van der Waals surface area contributed by atoms with Crippen molar-refractivity contribution in [2.45, 2.75) is 114 Å². The summed E-state index contributed by atoms with van der Waals surface area (Å²) < 4.78 is 22.9. The molecule has 1 aromatic rings. The number of ether oxygens (including phenoxy) is 4. The molecule has 0 bridgehead atoms. The maximum atomic E-state index is 13.9. The fourth-order valence-electron chi connectivity index (χ4n) is 7.05. The molecule has 0 amide bonds. The summed E-state index contributed by atoms with van der Waals surface area (Å²) >= 11 is 0. The van der Waals surface area contributed by atoms with Gasteiger partial charge in [0.2, 0.25) is 6.79 Å². The van der Waals surface area contributed by atoms with Crippen LogP contribution in [0.4, 0.5) is 0 Å². The van der Waals surface area contributed by atoms with E-state index in [1.54, 1.807) is 27.7 Å². The van der Waals surface area contributed by atoms with Crippen LogP contribution in [0.1, 0.15) is 90.2 Å². The molecule has 9 nitrogen and oxygen atoms in total. The van der Waals surface area contributed by atoms with Crippen molar-refractivity contribution in [1.29, 1.82) is 0 Å². The number of rotatable bonds is 9. The van der Waals surface area contributed by atoms with Gasteiger partial charge in [0.15, 0.2) is 17.1 Å². The summed E-state index contributed by atoms with van der Waals surface area (Å²) in [5, 5.41) is 21.8. The van der Waals surface area contributed by atoms with Crippen molar-refractivity contribution in [1.82, 2.24) is 4.90 Å². The lowest BCUT2D eigenvalue weighted by Gasteiger charge is -2.40. The van der Waals surface area contributed by atoms with Crippen molar-refractivity contribution in [2.75, 3.05) is 19.9 Å². The zero-order valence-electron chi connectivity index (χ0n) is 24.3. The first-order chi connectivity index (χ1) is 18.8. The minimum Gasteiger partial charge on any atom is -0.463 e. The molecule has 1 fully saturated rings. The van der Waals surface area contributed by atoms with Crippen LogP contribution in [0.3, 0.4) is 0 Å². The van der Waals surface area contributed by atoms with Gasteiger partial charge in [-0.3, -0.25) is 9.69 Å². The number of nitrogens with zero attached hydrogens (tertiary/aromatic N) is 1. The summed E-state index contributed by atoms with van der Waals surface area (Å²) in [4.78, 5) is 29.0. The number of carbonyl (C=O) groups is 2. The van der Waals surface area contributed by atoms with Gasteiger partial charge in [-0.1, -0.05) is 6.08 Å². The number of hydrogen-bond acceptors (Lipinski definition) is 9. The van der Waals surface area contributed by atoms with E-state index in [4.69, 9.17) is 18.9 Å². The summed E-state index contributed by atoms with van der Waals surface area (Å²) in [6, 6.07) is 4.09. The van der Waals surface area contributed by atoms with Gasteiger partial charge in [-0.15, -0.1) is 0 Å². The Morgan fingerprint density at radius 2 is 1.88 bits per heavy atom. The summed E-state index contributed by atoms with van der Waals surface area (Å²) in [6.45, 7) is 10.8. The third-order valence-corrected chi connectivity index (χ3v) is 8.78. The van der Waals surface area contributed by atoms with E-state index in [-0.39, 0.29) is 30.8 Å². The van der Waals surface area contributed by atoms with Crippen LogP contribution >= 0.6 is 0 Å². The van der Waals surface area contributed by atoms with Crippen LogP contribution in [0.15, 0.2) is 23.8 Å². The SMILES string of the molecule is CC1=C[C@]23CCCN2CCc2cc4c(cc2[C@@H]3C1OC(=O)[C@](O)(CCCC(C)(C)O)CC(=O)OC(C)C)OCO4. The van der Waals surface area contributed by atoms with Gasteiger partial charge in [-0.05, 0) is 109 Å². The molecule has 1 spiro atoms. The Morgan fingerprint density at radius 1 is 1.15 bits per heavy atom. The maximum absolute atomic E-state index is 13.9. The number of carbonyl (C=O) groups excluding carboxylic acids is 2. The maximum Gasteiger partial charge on any atom is 0.339 e. The van der Waals surface area contributed by atoms with Crippen LogP contribution in [-0.2, 0) is 25.5 Å². The van der Waals surface area contributed by atoms with Crippen molar-refractivity contribution in [3.05, 3.63) is 34.9 Å². The Kier molecular flexibility index (Phi) is 7.70. The fourth-order valence-corrected chi connectivity index (χ4v) is 7.05. The van der Waals surface area contributed by atoms with E-state index in [2.05, 4.69) is 17.0 Å². The van der Waals surface area contributed by atoms with Crippen LogP contribution in [0.2, 0.25) is 0 Å². The van der Waals surface area contributed by atoms with Gasteiger partial charge >= 0.3 is 11.9 Å². The molecule has 9 heteroatoms. The third-order valence-electron chi connectivity index (χ3n) is 8.78. The molecule has 1 saturated heterocycles. The molecule has 2 N–H and O–H groups in total. The predicted octanol–water partition coefficient (Wildman–Crippen LogP) is 3.78. The molecule has 0 radical (unpaired) electrons. The highest BCUT2D eigenvalue weighted by Crippen LogP contribution is 2.55. The summed E-state index contributed by atoms with van der Waals surface area (Å²) in [5.74, 6) is -0.267. The van der Waals surface area contributed by atoms with Crippen LogP contribution in [0.5, 0.6) is 11.5 Å². The summed E-state index contributed by atoms with van der Waals surface area (Å²) in [7, 11) is 0. The van der Waals surface area contributed by atoms with Gasteiger partial charge in [0.1, 0.15) is 6.10 Å². The summed E-state index contributed by atoms with van der Waals surface area (Å²) in [5.41, 5.74) is -0.200.